The molecular weight excluding hydrogens is 254 g/mol. The van der Waals surface area contributed by atoms with E-state index in [0.717, 1.165) is 25.4 Å². The molecule has 2 saturated carbocycles. The van der Waals surface area contributed by atoms with Crippen molar-refractivity contribution in [3.05, 3.63) is 0 Å². The zero-order valence-corrected chi connectivity index (χ0v) is 12.5. The van der Waals surface area contributed by atoms with E-state index in [1.807, 2.05) is 18.7 Å². The summed E-state index contributed by atoms with van der Waals surface area (Å²) in [7, 11) is 0. The van der Waals surface area contributed by atoms with E-state index >= 15 is 0 Å². The Morgan fingerprint density at radius 3 is 2.30 bits per heavy atom. The molecule has 0 spiro atoms. The van der Waals surface area contributed by atoms with Gasteiger partial charge in [0.15, 0.2) is 0 Å². The van der Waals surface area contributed by atoms with Crippen LogP contribution in [0.4, 0.5) is 0 Å². The third-order valence-electron chi connectivity index (χ3n) is 5.96. The molecule has 4 unspecified atom stereocenters. The molecule has 3 aliphatic rings. The van der Waals surface area contributed by atoms with Crippen LogP contribution in [-0.2, 0) is 9.59 Å². The maximum Gasteiger partial charge on any atom is 0.307 e. The number of aliphatic carboxylic acids is 1. The highest BCUT2D eigenvalue weighted by Crippen LogP contribution is 2.59. The number of hydrogen-bond acceptors (Lipinski definition) is 2. The number of carbonyl (C=O) groups is 2. The van der Waals surface area contributed by atoms with E-state index in [9.17, 15) is 14.7 Å². The zero-order chi connectivity index (χ0) is 14.5. The molecule has 3 rings (SSSR count). The zero-order valence-electron chi connectivity index (χ0n) is 12.5. The highest BCUT2D eigenvalue weighted by molar-refractivity contribution is 5.91. The molecule has 3 fully saturated rings. The van der Waals surface area contributed by atoms with E-state index in [-0.39, 0.29) is 17.2 Å². The fourth-order valence-corrected chi connectivity index (χ4v) is 4.56. The predicted molar refractivity (Wildman–Crippen MR) is 75.0 cm³/mol. The van der Waals surface area contributed by atoms with Crippen molar-refractivity contribution in [1.82, 2.24) is 4.90 Å². The van der Waals surface area contributed by atoms with Gasteiger partial charge < -0.3 is 10.0 Å². The van der Waals surface area contributed by atoms with Crippen molar-refractivity contribution in [3.8, 4) is 0 Å². The van der Waals surface area contributed by atoms with Gasteiger partial charge in [0.2, 0.25) is 5.91 Å². The van der Waals surface area contributed by atoms with Crippen molar-refractivity contribution in [1.29, 1.82) is 0 Å². The van der Waals surface area contributed by atoms with Gasteiger partial charge in [0.1, 0.15) is 0 Å². The highest BCUT2D eigenvalue weighted by atomic mass is 16.4. The second-order valence-corrected chi connectivity index (χ2v) is 7.49. The molecule has 1 heterocycles. The lowest BCUT2D eigenvalue weighted by molar-refractivity contribution is -0.143. The number of likely N-dealkylation sites (tertiary alicyclic amines) is 1. The van der Waals surface area contributed by atoms with Crippen LogP contribution < -0.4 is 0 Å². The van der Waals surface area contributed by atoms with Crippen LogP contribution in [0, 0.1) is 29.1 Å². The van der Waals surface area contributed by atoms with Crippen LogP contribution in [0.15, 0.2) is 0 Å². The maximum absolute atomic E-state index is 12.6. The van der Waals surface area contributed by atoms with Crippen molar-refractivity contribution in [2.24, 2.45) is 29.1 Å². The van der Waals surface area contributed by atoms with Crippen LogP contribution in [0.3, 0.4) is 0 Å². The van der Waals surface area contributed by atoms with Crippen molar-refractivity contribution < 1.29 is 14.7 Å². The number of amides is 1. The average Bonchev–Trinajstić information content (AvgIpc) is 3.00. The molecule has 2 aliphatic carbocycles. The molecule has 20 heavy (non-hydrogen) atoms. The number of piperidine rings is 1. The van der Waals surface area contributed by atoms with Crippen molar-refractivity contribution in [2.75, 3.05) is 13.1 Å². The molecule has 1 saturated heterocycles. The first-order valence-corrected chi connectivity index (χ1v) is 7.94. The Bertz CT molecular complexity index is 431. The molecule has 4 atom stereocenters. The summed E-state index contributed by atoms with van der Waals surface area (Å²) < 4.78 is 0. The SMILES string of the molecule is CC1(C)C(C(=O)O)C1C(=O)N1CCC2CCCCC2C1. The van der Waals surface area contributed by atoms with Crippen LogP contribution in [-0.4, -0.2) is 35.0 Å². The largest absolute Gasteiger partial charge is 0.481 e. The molecule has 1 amide bonds. The molecular formula is C16H25NO3. The van der Waals surface area contributed by atoms with E-state index in [2.05, 4.69) is 0 Å². The quantitative estimate of drug-likeness (QED) is 0.844. The fourth-order valence-electron chi connectivity index (χ4n) is 4.56. The van der Waals surface area contributed by atoms with Crippen molar-refractivity contribution in [3.63, 3.8) is 0 Å². The molecule has 0 aromatic heterocycles. The predicted octanol–water partition coefficient (Wildman–Crippen LogP) is 2.38. The van der Waals surface area contributed by atoms with Gasteiger partial charge in [-0.1, -0.05) is 33.1 Å². The van der Waals surface area contributed by atoms with Crippen LogP contribution in [0.2, 0.25) is 0 Å². The van der Waals surface area contributed by atoms with Crippen LogP contribution in [0.5, 0.6) is 0 Å². The Hall–Kier alpha value is -1.06. The number of carboxylic acid groups (broad SMARTS) is 1. The van der Waals surface area contributed by atoms with Gasteiger partial charge in [0.25, 0.3) is 0 Å². The lowest BCUT2D eigenvalue weighted by Crippen LogP contribution is -2.46. The molecule has 4 nitrogen and oxygen atoms in total. The minimum atomic E-state index is -0.819. The lowest BCUT2D eigenvalue weighted by Gasteiger charge is -2.41. The third kappa shape index (κ3) is 2.13. The van der Waals surface area contributed by atoms with Gasteiger partial charge in [-0.3, -0.25) is 9.59 Å². The summed E-state index contributed by atoms with van der Waals surface area (Å²) >= 11 is 0. The first kappa shape index (κ1) is 13.9. The second kappa shape index (κ2) is 4.74. The summed E-state index contributed by atoms with van der Waals surface area (Å²) in [6.45, 7) is 5.50. The number of hydrogen-bond donors (Lipinski definition) is 1. The Morgan fingerprint density at radius 1 is 1.05 bits per heavy atom. The smallest absolute Gasteiger partial charge is 0.307 e. The lowest BCUT2D eigenvalue weighted by atomic mass is 9.75. The summed E-state index contributed by atoms with van der Waals surface area (Å²) in [5.41, 5.74) is -0.369. The molecule has 0 bridgehead atoms. The summed E-state index contributed by atoms with van der Waals surface area (Å²) in [5.74, 6) is -0.0616. The number of fused-ring (bicyclic) bond motifs is 1. The number of carboxylic acids is 1. The van der Waals surface area contributed by atoms with E-state index in [1.54, 1.807) is 0 Å². The van der Waals surface area contributed by atoms with E-state index in [1.165, 1.54) is 25.7 Å². The van der Waals surface area contributed by atoms with E-state index in [4.69, 9.17) is 0 Å². The topological polar surface area (TPSA) is 57.6 Å². The Morgan fingerprint density at radius 2 is 1.70 bits per heavy atom. The van der Waals surface area contributed by atoms with E-state index < -0.39 is 11.9 Å². The van der Waals surface area contributed by atoms with Gasteiger partial charge in [-0.25, -0.2) is 0 Å². The van der Waals surface area contributed by atoms with Gasteiger partial charge >= 0.3 is 5.97 Å². The minimum Gasteiger partial charge on any atom is -0.481 e. The maximum atomic E-state index is 12.6. The summed E-state index contributed by atoms with van der Waals surface area (Å²) in [6, 6.07) is 0. The van der Waals surface area contributed by atoms with Crippen molar-refractivity contribution >= 4 is 11.9 Å². The van der Waals surface area contributed by atoms with Crippen LogP contribution in [0.25, 0.3) is 0 Å². The average molecular weight is 279 g/mol. The highest BCUT2D eigenvalue weighted by Gasteiger charge is 2.66. The van der Waals surface area contributed by atoms with Crippen molar-refractivity contribution in [2.45, 2.75) is 46.0 Å². The second-order valence-electron chi connectivity index (χ2n) is 7.49. The van der Waals surface area contributed by atoms with Crippen LogP contribution >= 0.6 is 0 Å². The molecule has 1 aliphatic heterocycles. The molecule has 0 radical (unpaired) electrons. The van der Waals surface area contributed by atoms with Gasteiger partial charge in [0, 0.05) is 13.1 Å². The third-order valence-corrected chi connectivity index (χ3v) is 5.96. The molecule has 1 N–H and O–H groups in total. The van der Waals surface area contributed by atoms with Gasteiger partial charge in [0.05, 0.1) is 11.8 Å². The van der Waals surface area contributed by atoms with E-state index in [0.29, 0.717) is 5.92 Å². The summed E-state index contributed by atoms with van der Waals surface area (Å²) in [6.07, 6.45) is 6.30. The van der Waals surface area contributed by atoms with Crippen LogP contribution in [0.1, 0.15) is 46.0 Å². The Balaban J connectivity index is 1.65. The van der Waals surface area contributed by atoms with Gasteiger partial charge in [-0.05, 0) is 30.1 Å². The normalized spacial score (nSPS) is 39.0. The molecule has 0 aromatic rings. The number of carbonyl (C=O) groups excluding carboxylic acids is 1. The molecule has 0 aromatic carbocycles. The molecule has 112 valence electrons. The monoisotopic (exact) mass is 279 g/mol. The fraction of sp³-hybridized carbons (Fsp3) is 0.875. The summed E-state index contributed by atoms with van der Waals surface area (Å²) in [5, 5.41) is 9.22. The van der Waals surface area contributed by atoms with Gasteiger partial charge in [-0.15, -0.1) is 0 Å². The number of rotatable bonds is 2. The van der Waals surface area contributed by atoms with Gasteiger partial charge in [-0.2, -0.15) is 0 Å². The Kier molecular flexibility index (Phi) is 3.30. The minimum absolute atomic E-state index is 0.0893. The standard InChI is InChI=1S/C16H25NO3/c1-16(2)12(13(16)15(19)20)14(18)17-8-7-10-5-3-4-6-11(10)9-17/h10-13H,3-9H2,1-2H3,(H,19,20). The summed E-state index contributed by atoms with van der Waals surface area (Å²) in [4.78, 5) is 25.8. The molecule has 4 heteroatoms. The number of nitrogens with zero attached hydrogens (tertiary/aromatic N) is 1. The first-order chi connectivity index (χ1) is 9.43. The first-order valence-electron chi connectivity index (χ1n) is 7.94. The Labute approximate surface area is 120 Å².